The summed E-state index contributed by atoms with van der Waals surface area (Å²) in [7, 11) is 1.90. The fourth-order valence-electron chi connectivity index (χ4n) is 1.97. The number of rotatable bonds is 3. The van der Waals surface area contributed by atoms with E-state index in [2.05, 4.69) is 6.07 Å². The summed E-state index contributed by atoms with van der Waals surface area (Å²) in [6.45, 7) is 1.96. The van der Waals surface area contributed by atoms with E-state index in [1.54, 1.807) is 12.1 Å². The molecule has 0 saturated heterocycles. The molecule has 2 aromatic carbocycles. The molecule has 94 valence electrons. The predicted octanol–water partition coefficient (Wildman–Crippen LogP) is 3.45. The number of hydrogen-bond acceptors (Lipinski definition) is 3. The molecule has 2 rings (SSSR count). The van der Waals surface area contributed by atoms with E-state index in [1.807, 2.05) is 49.2 Å². The molecule has 19 heavy (non-hydrogen) atoms. The van der Waals surface area contributed by atoms with E-state index < -0.39 is 0 Å². The zero-order valence-corrected chi connectivity index (χ0v) is 10.9. The first-order valence-corrected chi connectivity index (χ1v) is 5.95. The maximum absolute atomic E-state index is 11.1. The molecular weight excluding hydrogens is 236 g/mol. The van der Waals surface area contributed by atoms with E-state index in [9.17, 15) is 4.79 Å². The minimum atomic E-state index is 0.622. The van der Waals surface area contributed by atoms with Gasteiger partial charge in [-0.15, -0.1) is 0 Å². The fraction of sp³-hybridized carbons (Fsp3) is 0.125. The Morgan fingerprint density at radius 1 is 1.16 bits per heavy atom. The second-order valence-corrected chi connectivity index (χ2v) is 4.40. The first kappa shape index (κ1) is 12.8. The Morgan fingerprint density at radius 3 is 2.42 bits per heavy atom. The first-order valence-electron chi connectivity index (χ1n) is 5.95. The molecule has 0 amide bonds. The summed E-state index contributed by atoms with van der Waals surface area (Å²) in [5.41, 5.74) is 4.12. The lowest BCUT2D eigenvalue weighted by Gasteiger charge is -2.21. The summed E-state index contributed by atoms with van der Waals surface area (Å²) in [4.78, 5) is 13.1. The van der Waals surface area contributed by atoms with Gasteiger partial charge in [-0.25, -0.2) is 0 Å². The molecule has 0 heterocycles. The quantitative estimate of drug-likeness (QED) is 0.784. The van der Waals surface area contributed by atoms with Gasteiger partial charge in [0.1, 0.15) is 0 Å². The van der Waals surface area contributed by atoms with E-state index in [1.165, 1.54) is 0 Å². The molecule has 0 aliphatic carbocycles. The number of benzene rings is 2. The number of carbonyl (C=O) groups excluding carboxylic acids is 1. The van der Waals surface area contributed by atoms with E-state index >= 15 is 0 Å². The van der Waals surface area contributed by atoms with Crippen LogP contribution in [0.3, 0.4) is 0 Å². The van der Waals surface area contributed by atoms with Crippen molar-refractivity contribution in [1.82, 2.24) is 0 Å². The van der Waals surface area contributed by atoms with Gasteiger partial charge in [0.2, 0.25) is 0 Å². The van der Waals surface area contributed by atoms with Crippen LogP contribution in [0, 0.1) is 18.3 Å². The number of anilines is 2. The molecule has 0 atom stereocenters. The number of aryl methyl sites for hydroxylation is 1. The molecule has 0 saturated carbocycles. The summed E-state index contributed by atoms with van der Waals surface area (Å²) < 4.78 is 0. The Kier molecular flexibility index (Phi) is 3.63. The van der Waals surface area contributed by atoms with E-state index in [0.717, 1.165) is 23.2 Å². The van der Waals surface area contributed by atoms with Crippen LogP contribution < -0.4 is 4.90 Å². The Balaban J connectivity index is 2.40. The van der Waals surface area contributed by atoms with Gasteiger partial charge in [-0.1, -0.05) is 11.6 Å². The van der Waals surface area contributed by atoms with Crippen molar-refractivity contribution in [3.05, 3.63) is 59.2 Å². The highest BCUT2D eigenvalue weighted by atomic mass is 16.1. The van der Waals surface area contributed by atoms with Crippen molar-refractivity contribution in [1.29, 1.82) is 5.26 Å². The fourth-order valence-corrected chi connectivity index (χ4v) is 1.97. The van der Waals surface area contributed by atoms with Crippen molar-refractivity contribution < 1.29 is 4.79 Å². The second kappa shape index (κ2) is 5.36. The number of nitriles is 1. The summed E-state index contributed by atoms with van der Waals surface area (Å²) in [6, 6.07) is 15.1. The second-order valence-electron chi connectivity index (χ2n) is 4.40. The van der Waals surface area contributed by atoms with Crippen LogP contribution in [0.4, 0.5) is 11.4 Å². The molecule has 0 radical (unpaired) electrons. The maximum atomic E-state index is 11.1. The lowest BCUT2D eigenvalue weighted by molar-refractivity contribution is 0.112. The van der Waals surface area contributed by atoms with E-state index in [0.29, 0.717) is 11.1 Å². The molecule has 0 aliphatic rings. The van der Waals surface area contributed by atoms with Gasteiger partial charge in [0.15, 0.2) is 6.29 Å². The summed E-state index contributed by atoms with van der Waals surface area (Å²) >= 11 is 0. The Hall–Kier alpha value is -2.60. The average Bonchev–Trinajstić information content (AvgIpc) is 2.46. The van der Waals surface area contributed by atoms with Crippen LogP contribution in [0.25, 0.3) is 0 Å². The third kappa shape index (κ3) is 2.63. The topological polar surface area (TPSA) is 44.1 Å². The van der Waals surface area contributed by atoms with Gasteiger partial charge in [-0.2, -0.15) is 5.26 Å². The van der Waals surface area contributed by atoms with Crippen LogP contribution in [0.1, 0.15) is 21.5 Å². The molecule has 3 nitrogen and oxygen atoms in total. The van der Waals surface area contributed by atoms with Crippen LogP contribution in [0.5, 0.6) is 0 Å². The largest absolute Gasteiger partial charge is 0.344 e. The molecule has 0 aromatic heterocycles. The molecule has 0 bridgehead atoms. The van der Waals surface area contributed by atoms with Gasteiger partial charge < -0.3 is 4.90 Å². The number of aldehydes is 1. The normalized spacial score (nSPS) is 9.74. The van der Waals surface area contributed by atoms with Crippen molar-refractivity contribution in [2.75, 3.05) is 11.9 Å². The average molecular weight is 250 g/mol. The molecule has 0 N–H and O–H groups in total. The van der Waals surface area contributed by atoms with Gasteiger partial charge in [-0.05, 0) is 43.3 Å². The van der Waals surface area contributed by atoms with Gasteiger partial charge in [-0.3, -0.25) is 4.79 Å². The Bertz CT molecular complexity index is 639. The van der Waals surface area contributed by atoms with Gasteiger partial charge >= 0.3 is 0 Å². The Labute approximate surface area is 112 Å². The van der Waals surface area contributed by atoms with Crippen LogP contribution in [0.15, 0.2) is 42.5 Å². The molecular formula is C16H14N2O. The van der Waals surface area contributed by atoms with Crippen molar-refractivity contribution in [2.45, 2.75) is 6.92 Å². The maximum Gasteiger partial charge on any atom is 0.152 e. The lowest BCUT2D eigenvalue weighted by Crippen LogP contribution is -2.11. The number of carbonyl (C=O) groups is 1. The molecule has 3 heteroatoms. The minimum Gasteiger partial charge on any atom is -0.344 e. The van der Waals surface area contributed by atoms with Crippen molar-refractivity contribution in [3.8, 4) is 6.07 Å². The zero-order chi connectivity index (χ0) is 13.8. The molecule has 0 spiro atoms. The molecule has 0 unspecified atom stereocenters. The van der Waals surface area contributed by atoms with Gasteiger partial charge in [0, 0.05) is 18.3 Å². The van der Waals surface area contributed by atoms with Crippen LogP contribution in [-0.2, 0) is 0 Å². The smallest absolute Gasteiger partial charge is 0.152 e. The van der Waals surface area contributed by atoms with Crippen LogP contribution in [-0.4, -0.2) is 13.3 Å². The van der Waals surface area contributed by atoms with Gasteiger partial charge in [0.05, 0.1) is 17.3 Å². The van der Waals surface area contributed by atoms with Gasteiger partial charge in [0.25, 0.3) is 0 Å². The highest BCUT2D eigenvalue weighted by Crippen LogP contribution is 2.27. The first-order chi connectivity index (χ1) is 9.15. The predicted molar refractivity (Wildman–Crippen MR) is 75.8 cm³/mol. The summed E-state index contributed by atoms with van der Waals surface area (Å²) in [5.74, 6) is 0. The highest BCUT2D eigenvalue weighted by Gasteiger charge is 2.09. The number of nitrogens with zero attached hydrogens (tertiary/aromatic N) is 2. The SMILES string of the molecule is Cc1ccc(N(C)c2ccc(C#N)cc2)c(C=O)c1. The third-order valence-corrected chi connectivity index (χ3v) is 3.06. The molecule has 2 aromatic rings. The zero-order valence-electron chi connectivity index (χ0n) is 10.9. The van der Waals surface area contributed by atoms with Crippen molar-refractivity contribution in [3.63, 3.8) is 0 Å². The summed E-state index contributed by atoms with van der Waals surface area (Å²) in [5, 5.41) is 8.79. The summed E-state index contributed by atoms with van der Waals surface area (Å²) in [6.07, 6.45) is 0.864. The standard InChI is InChI=1S/C16H14N2O/c1-12-3-8-16(14(9-12)11-19)18(2)15-6-4-13(10-17)5-7-15/h3-9,11H,1-2H3. The van der Waals surface area contributed by atoms with Crippen LogP contribution >= 0.6 is 0 Å². The Morgan fingerprint density at radius 2 is 1.84 bits per heavy atom. The molecule has 0 aliphatic heterocycles. The lowest BCUT2D eigenvalue weighted by atomic mass is 10.1. The van der Waals surface area contributed by atoms with Crippen LogP contribution in [0.2, 0.25) is 0 Å². The van der Waals surface area contributed by atoms with Crippen molar-refractivity contribution in [2.24, 2.45) is 0 Å². The highest BCUT2D eigenvalue weighted by molar-refractivity contribution is 5.87. The number of hydrogen-bond donors (Lipinski definition) is 0. The third-order valence-electron chi connectivity index (χ3n) is 3.06. The monoisotopic (exact) mass is 250 g/mol. The van der Waals surface area contributed by atoms with Crippen molar-refractivity contribution >= 4 is 17.7 Å². The minimum absolute atomic E-state index is 0.622. The van der Waals surface area contributed by atoms with E-state index in [4.69, 9.17) is 5.26 Å². The van der Waals surface area contributed by atoms with E-state index in [-0.39, 0.29) is 0 Å². The molecule has 0 fully saturated rings.